The maximum atomic E-state index is 15.8. The Balaban J connectivity index is 2.32. The van der Waals surface area contributed by atoms with Crippen LogP contribution >= 0.6 is 0 Å². The minimum absolute atomic E-state index is 0.0754. The van der Waals surface area contributed by atoms with Crippen molar-refractivity contribution in [3.8, 4) is 5.75 Å². The zero-order valence-electron chi connectivity index (χ0n) is 20.3. The van der Waals surface area contributed by atoms with Crippen LogP contribution in [0.5, 0.6) is 5.75 Å². The van der Waals surface area contributed by atoms with E-state index in [2.05, 4.69) is 0 Å². The van der Waals surface area contributed by atoms with Crippen LogP contribution in [0.1, 0.15) is 32.8 Å². The van der Waals surface area contributed by atoms with Gasteiger partial charge in [-0.25, -0.2) is 8.42 Å². The second kappa shape index (κ2) is 11.9. The maximum absolute atomic E-state index is 15.8. The first-order valence-corrected chi connectivity index (χ1v) is 15.3. The summed E-state index contributed by atoms with van der Waals surface area (Å²) in [6, 6.07) is 15.1. The summed E-state index contributed by atoms with van der Waals surface area (Å²) in [5, 5.41) is -1.14. The van der Waals surface area contributed by atoms with Crippen molar-refractivity contribution in [2.75, 3.05) is 13.7 Å². The van der Waals surface area contributed by atoms with Crippen molar-refractivity contribution in [1.29, 1.82) is 0 Å². The molecule has 2 aromatic carbocycles. The molecule has 33 heavy (non-hydrogen) atoms. The quantitative estimate of drug-likeness (QED) is 0.297. The van der Waals surface area contributed by atoms with Crippen molar-refractivity contribution in [3.05, 3.63) is 70.9 Å². The first-order chi connectivity index (χ1) is 15.5. The molecule has 0 aliphatic rings. The van der Waals surface area contributed by atoms with Gasteiger partial charge in [-0.2, -0.15) is 4.39 Å². The van der Waals surface area contributed by atoms with Crippen molar-refractivity contribution < 1.29 is 26.7 Å². The van der Waals surface area contributed by atoms with Gasteiger partial charge in [0, 0.05) is 5.57 Å². The molecule has 2 aromatic rings. The summed E-state index contributed by atoms with van der Waals surface area (Å²) < 4.78 is 59.0. The monoisotopic (exact) mass is 494 g/mol. The molecule has 0 saturated heterocycles. The van der Waals surface area contributed by atoms with Crippen molar-refractivity contribution >= 4 is 18.9 Å². The van der Waals surface area contributed by atoms with Gasteiger partial charge in [0.2, 0.25) is 15.0 Å². The maximum Gasteiger partial charge on any atom is 0.233 e. The second-order valence-corrected chi connectivity index (χ2v) is 13.4. The molecule has 0 fully saturated rings. The predicted octanol–water partition coefficient (Wildman–Crippen LogP) is 5.67. The highest BCUT2D eigenvalue weighted by Crippen LogP contribution is 2.36. The number of methoxy groups -OCH3 is 1. The Labute approximate surface area is 199 Å². The lowest BCUT2D eigenvalue weighted by molar-refractivity contribution is 0.0923. The van der Waals surface area contributed by atoms with Crippen LogP contribution in [-0.2, 0) is 25.6 Å². The third-order valence-corrected chi connectivity index (χ3v) is 7.44. The number of rotatable bonds is 11. The van der Waals surface area contributed by atoms with Crippen LogP contribution in [-0.4, -0.2) is 37.3 Å². The molecule has 0 radical (unpaired) electrons. The Hall–Kier alpha value is -2.00. The Morgan fingerprint density at radius 3 is 2.15 bits per heavy atom. The number of ether oxygens (including phenoxy) is 2. The molecular formula is C25H35FO5SSi. The first-order valence-electron chi connectivity index (χ1n) is 11.0. The molecule has 0 N–H and O–H groups in total. The SMILES string of the molecule is COc1ccc(COCC/C(=C(\F)S(=O)(=O)c2ccccc2)C(O[SiH](C)C)C(C)(C)C)cc1. The van der Waals surface area contributed by atoms with Crippen LogP contribution < -0.4 is 4.74 Å². The van der Waals surface area contributed by atoms with Gasteiger partial charge < -0.3 is 13.9 Å². The predicted molar refractivity (Wildman–Crippen MR) is 132 cm³/mol. The molecule has 8 heteroatoms. The fraction of sp³-hybridized carbons (Fsp3) is 0.440. The summed E-state index contributed by atoms with van der Waals surface area (Å²) in [7, 11) is -4.30. The second-order valence-electron chi connectivity index (χ2n) is 9.20. The number of sulfone groups is 1. The van der Waals surface area contributed by atoms with E-state index in [1.54, 1.807) is 25.3 Å². The molecule has 0 aromatic heterocycles. The highest BCUT2D eigenvalue weighted by atomic mass is 32.2. The molecule has 0 aliphatic carbocycles. The summed E-state index contributed by atoms with van der Waals surface area (Å²) in [4.78, 5) is -0.0754. The van der Waals surface area contributed by atoms with E-state index in [1.165, 1.54) is 12.1 Å². The number of hydrogen-bond donors (Lipinski definition) is 0. The average Bonchev–Trinajstić information content (AvgIpc) is 2.77. The summed E-state index contributed by atoms with van der Waals surface area (Å²) in [6.45, 7) is 10.2. The fourth-order valence-corrected chi connectivity index (χ4v) is 5.78. The average molecular weight is 495 g/mol. The minimum atomic E-state index is -4.30. The molecule has 5 nitrogen and oxygen atoms in total. The third-order valence-electron chi connectivity index (χ3n) is 5.00. The van der Waals surface area contributed by atoms with Gasteiger partial charge in [-0.3, -0.25) is 0 Å². The molecule has 1 unspecified atom stereocenters. The lowest BCUT2D eigenvalue weighted by atomic mass is 9.84. The number of hydrogen-bond acceptors (Lipinski definition) is 5. The highest BCUT2D eigenvalue weighted by Gasteiger charge is 2.36. The van der Waals surface area contributed by atoms with E-state index in [4.69, 9.17) is 13.9 Å². The molecule has 0 amide bonds. The van der Waals surface area contributed by atoms with E-state index >= 15 is 4.39 Å². The van der Waals surface area contributed by atoms with Gasteiger partial charge in [0.05, 0.1) is 31.3 Å². The van der Waals surface area contributed by atoms with Gasteiger partial charge >= 0.3 is 0 Å². The summed E-state index contributed by atoms with van der Waals surface area (Å²) in [5.41, 5.74) is 0.575. The summed E-state index contributed by atoms with van der Waals surface area (Å²) in [5.74, 6) is 0.750. The Kier molecular flexibility index (Phi) is 9.84. The van der Waals surface area contributed by atoms with Crippen molar-refractivity contribution in [1.82, 2.24) is 0 Å². The van der Waals surface area contributed by atoms with E-state index in [0.29, 0.717) is 6.61 Å². The molecule has 0 saturated carbocycles. The lowest BCUT2D eigenvalue weighted by Gasteiger charge is -2.35. The van der Waals surface area contributed by atoms with Gasteiger partial charge in [0.15, 0.2) is 9.04 Å². The molecule has 0 bridgehead atoms. The first kappa shape index (κ1) is 27.2. The van der Waals surface area contributed by atoms with Gasteiger partial charge in [0.1, 0.15) is 5.75 Å². The van der Waals surface area contributed by atoms with Crippen LogP contribution in [0.2, 0.25) is 13.1 Å². The molecule has 1 atom stereocenters. The van der Waals surface area contributed by atoms with Crippen LogP contribution in [0.4, 0.5) is 4.39 Å². The standard InChI is InChI=1S/C25H35FO5SSi/c1-25(2,3)23(31-33(5)6)22(24(26)32(27,28)21-10-8-7-9-11-21)16-17-30-18-19-12-14-20(29-4)15-13-19/h7-15,23,33H,16-18H2,1-6H3/b24-22-. The van der Waals surface area contributed by atoms with Gasteiger partial charge in [0.25, 0.3) is 0 Å². The molecule has 0 spiro atoms. The van der Waals surface area contributed by atoms with Crippen LogP contribution in [0.3, 0.4) is 0 Å². The third kappa shape index (κ3) is 7.77. The molecule has 0 aliphatic heterocycles. The summed E-state index contributed by atoms with van der Waals surface area (Å²) in [6.07, 6.45) is -0.566. The molecule has 2 rings (SSSR count). The van der Waals surface area contributed by atoms with E-state index < -0.39 is 35.6 Å². The van der Waals surface area contributed by atoms with E-state index in [9.17, 15) is 8.42 Å². The zero-order chi connectivity index (χ0) is 24.6. The van der Waals surface area contributed by atoms with Crippen LogP contribution in [0, 0.1) is 5.41 Å². The topological polar surface area (TPSA) is 61.8 Å². The van der Waals surface area contributed by atoms with Gasteiger partial charge in [-0.15, -0.1) is 0 Å². The highest BCUT2D eigenvalue weighted by molar-refractivity contribution is 7.95. The van der Waals surface area contributed by atoms with Crippen molar-refractivity contribution in [2.45, 2.75) is 57.9 Å². The normalized spacial score (nSPS) is 14.2. The Morgan fingerprint density at radius 1 is 1.03 bits per heavy atom. The number of benzene rings is 2. The van der Waals surface area contributed by atoms with E-state index in [-0.39, 0.29) is 23.5 Å². The van der Waals surface area contributed by atoms with Crippen LogP contribution in [0.15, 0.2) is 70.2 Å². The molecule has 0 heterocycles. The molecule has 182 valence electrons. The van der Waals surface area contributed by atoms with E-state index in [0.717, 1.165) is 11.3 Å². The Morgan fingerprint density at radius 2 is 1.64 bits per heavy atom. The number of halogens is 1. The molecular weight excluding hydrogens is 459 g/mol. The zero-order valence-corrected chi connectivity index (χ0v) is 22.3. The van der Waals surface area contributed by atoms with Gasteiger partial charge in [-0.05, 0) is 54.8 Å². The summed E-state index contributed by atoms with van der Waals surface area (Å²) >= 11 is 0. The smallest absolute Gasteiger partial charge is 0.233 e. The minimum Gasteiger partial charge on any atom is -0.497 e. The van der Waals surface area contributed by atoms with Crippen molar-refractivity contribution in [2.24, 2.45) is 5.41 Å². The van der Waals surface area contributed by atoms with E-state index in [1.807, 2.05) is 58.1 Å². The lowest BCUT2D eigenvalue weighted by Crippen LogP contribution is -2.36. The van der Waals surface area contributed by atoms with Crippen LogP contribution in [0.25, 0.3) is 0 Å². The fourth-order valence-electron chi connectivity index (χ4n) is 3.38. The Bertz CT molecular complexity index is 1010. The van der Waals surface area contributed by atoms with Gasteiger partial charge in [-0.1, -0.05) is 51.1 Å². The largest absolute Gasteiger partial charge is 0.497 e. The van der Waals surface area contributed by atoms with Crippen molar-refractivity contribution in [3.63, 3.8) is 0 Å².